The van der Waals surface area contributed by atoms with Crippen LogP contribution in [0.15, 0.2) is 36.4 Å². The highest BCUT2D eigenvalue weighted by Gasteiger charge is 2.25. The summed E-state index contributed by atoms with van der Waals surface area (Å²) in [5, 5.41) is 3.30. The molecule has 0 atom stereocenters. The molecular formula is C20H21ClFNO3. The molecule has 0 aliphatic carbocycles. The van der Waals surface area contributed by atoms with Gasteiger partial charge in [0.25, 0.3) is 0 Å². The lowest BCUT2D eigenvalue weighted by molar-refractivity contribution is -0.120. The molecule has 1 heterocycles. The largest absolute Gasteiger partial charge is 0.486 e. The lowest BCUT2D eigenvalue weighted by Crippen LogP contribution is -2.38. The Balaban J connectivity index is 1.64. The average molecular weight is 378 g/mol. The summed E-state index contributed by atoms with van der Waals surface area (Å²) in [5.41, 5.74) is 0.786. The Morgan fingerprint density at radius 2 is 1.96 bits per heavy atom. The standard InChI is InChI=1S/C20H21ClFNO3/c1-20(2,14-5-3-4-6-16(14)22)12-23-18(24)11-13-9-15(21)19-17(10-13)25-7-8-26-19/h3-6,9-10H,7-8,11-12H2,1-2H3,(H,23,24). The number of rotatable bonds is 5. The van der Waals surface area contributed by atoms with Gasteiger partial charge in [0.05, 0.1) is 11.4 Å². The van der Waals surface area contributed by atoms with Gasteiger partial charge >= 0.3 is 0 Å². The number of hydrogen-bond acceptors (Lipinski definition) is 3. The lowest BCUT2D eigenvalue weighted by Gasteiger charge is -2.26. The smallest absolute Gasteiger partial charge is 0.224 e. The molecule has 1 aliphatic heterocycles. The van der Waals surface area contributed by atoms with E-state index in [1.54, 1.807) is 30.3 Å². The zero-order valence-corrected chi connectivity index (χ0v) is 15.5. The Labute approximate surface area is 157 Å². The maximum Gasteiger partial charge on any atom is 0.224 e. The van der Waals surface area contributed by atoms with Crippen molar-refractivity contribution in [2.24, 2.45) is 0 Å². The molecule has 4 nitrogen and oxygen atoms in total. The molecule has 26 heavy (non-hydrogen) atoms. The Morgan fingerprint density at radius 3 is 2.73 bits per heavy atom. The fraction of sp³-hybridized carbons (Fsp3) is 0.350. The number of benzene rings is 2. The van der Waals surface area contributed by atoms with Gasteiger partial charge in [-0.1, -0.05) is 43.6 Å². The molecule has 0 bridgehead atoms. The molecule has 6 heteroatoms. The monoisotopic (exact) mass is 377 g/mol. The van der Waals surface area contributed by atoms with Gasteiger partial charge in [0.2, 0.25) is 5.91 Å². The van der Waals surface area contributed by atoms with E-state index in [-0.39, 0.29) is 18.1 Å². The van der Waals surface area contributed by atoms with Crippen molar-refractivity contribution in [1.29, 1.82) is 0 Å². The molecule has 0 saturated carbocycles. The fourth-order valence-electron chi connectivity index (χ4n) is 2.94. The van der Waals surface area contributed by atoms with Gasteiger partial charge in [0.15, 0.2) is 11.5 Å². The van der Waals surface area contributed by atoms with E-state index in [0.717, 1.165) is 5.56 Å². The quantitative estimate of drug-likeness (QED) is 0.860. The number of hydrogen-bond donors (Lipinski definition) is 1. The first-order valence-electron chi connectivity index (χ1n) is 8.46. The summed E-state index contributed by atoms with van der Waals surface area (Å²) in [6, 6.07) is 10.1. The number of nitrogens with one attached hydrogen (secondary N) is 1. The van der Waals surface area contributed by atoms with Crippen LogP contribution in [0.2, 0.25) is 5.02 Å². The lowest BCUT2D eigenvalue weighted by atomic mass is 9.84. The van der Waals surface area contributed by atoms with Gasteiger partial charge < -0.3 is 14.8 Å². The summed E-state index contributed by atoms with van der Waals surface area (Å²) in [4.78, 5) is 12.3. The second kappa shape index (κ2) is 7.54. The van der Waals surface area contributed by atoms with E-state index >= 15 is 0 Å². The van der Waals surface area contributed by atoms with Crippen molar-refractivity contribution in [3.05, 3.63) is 58.4 Å². The van der Waals surface area contributed by atoms with Crippen LogP contribution in [-0.2, 0) is 16.6 Å². The van der Waals surface area contributed by atoms with E-state index in [1.165, 1.54) is 6.07 Å². The van der Waals surface area contributed by atoms with Gasteiger partial charge in [0.1, 0.15) is 19.0 Å². The minimum absolute atomic E-state index is 0.156. The van der Waals surface area contributed by atoms with E-state index in [4.69, 9.17) is 21.1 Å². The van der Waals surface area contributed by atoms with Gasteiger partial charge in [-0.15, -0.1) is 0 Å². The molecule has 0 fully saturated rings. The van der Waals surface area contributed by atoms with E-state index in [9.17, 15) is 9.18 Å². The van der Waals surface area contributed by atoms with Crippen LogP contribution in [0.5, 0.6) is 11.5 Å². The predicted molar refractivity (Wildman–Crippen MR) is 98.6 cm³/mol. The van der Waals surface area contributed by atoms with E-state index in [2.05, 4.69) is 5.32 Å². The van der Waals surface area contributed by atoms with Crippen LogP contribution in [0.4, 0.5) is 4.39 Å². The second-order valence-corrected chi connectivity index (χ2v) is 7.33. The van der Waals surface area contributed by atoms with Crippen LogP contribution in [0.1, 0.15) is 25.0 Å². The van der Waals surface area contributed by atoms with Gasteiger partial charge in [-0.25, -0.2) is 4.39 Å². The molecule has 0 aromatic heterocycles. The molecule has 1 aliphatic rings. The van der Waals surface area contributed by atoms with Crippen LogP contribution in [0.25, 0.3) is 0 Å². The Hall–Kier alpha value is -2.27. The zero-order chi connectivity index (χ0) is 18.7. The third-order valence-electron chi connectivity index (χ3n) is 4.35. The highest BCUT2D eigenvalue weighted by molar-refractivity contribution is 6.32. The van der Waals surface area contributed by atoms with Crippen molar-refractivity contribution in [3.8, 4) is 11.5 Å². The van der Waals surface area contributed by atoms with Crippen LogP contribution < -0.4 is 14.8 Å². The van der Waals surface area contributed by atoms with E-state index in [1.807, 2.05) is 13.8 Å². The first-order chi connectivity index (χ1) is 12.4. The minimum Gasteiger partial charge on any atom is -0.486 e. The summed E-state index contributed by atoms with van der Waals surface area (Å²) in [5.74, 6) is 0.633. The van der Waals surface area contributed by atoms with Gasteiger partial charge in [-0.05, 0) is 29.3 Å². The van der Waals surface area contributed by atoms with Crippen molar-refractivity contribution in [2.45, 2.75) is 25.7 Å². The number of halogens is 2. The van der Waals surface area contributed by atoms with E-state index < -0.39 is 5.41 Å². The van der Waals surface area contributed by atoms with Crippen molar-refractivity contribution >= 4 is 17.5 Å². The Kier molecular flexibility index (Phi) is 5.37. The number of carbonyl (C=O) groups excluding carboxylic acids is 1. The maximum atomic E-state index is 14.0. The van der Waals surface area contributed by atoms with Gasteiger partial charge in [-0.2, -0.15) is 0 Å². The predicted octanol–water partition coefficient (Wildman–Crippen LogP) is 3.89. The summed E-state index contributed by atoms with van der Waals surface area (Å²) < 4.78 is 25.0. The van der Waals surface area contributed by atoms with Crippen molar-refractivity contribution < 1.29 is 18.7 Å². The molecule has 2 aromatic rings. The molecular weight excluding hydrogens is 357 g/mol. The van der Waals surface area contributed by atoms with Crippen LogP contribution >= 0.6 is 11.6 Å². The van der Waals surface area contributed by atoms with Crippen LogP contribution in [0, 0.1) is 5.82 Å². The van der Waals surface area contributed by atoms with Gasteiger partial charge in [0, 0.05) is 12.0 Å². The molecule has 3 rings (SSSR count). The first kappa shape index (κ1) is 18.5. The number of fused-ring (bicyclic) bond motifs is 1. The zero-order valence-electron chi connectivity index (χ0n) is 14.8. The highest BCUT2D eigenvalue weighted by atomic mass is 35.5. The molecule has 0 spiro atoms. The topological polar surface area (TPSA) is 47.6 Å². The molecule has 1 N–H and O–H groups in total. The van der Waals surface area contributed by atoms with Crippen LogP contribution in [-0.4, -0.2) is 25.7 Å². The molecule has 0 saturated heterocycles. The number of ether oxygens (including phenoxy) is 2. The third-order valence-corrected chi connectivity index (χ3v) is 4.63. The molecule has 2 aromatic carbocycles. The normalized spacial score (nSPS) is 13.4. The summed E-state index contributed by atoms with van der Waals surface area (Å²) in [6.45, 7) is 5.03. The Bertz CT molecular complexity index is 823. The average Bonchev–Trinajstić information content (AvgIpc) is 2.60. The molecule has 1 amide bonds. The highest BCUT2D eigenvalue weighted by Crippen LogP contribution is 2.38. The number of amides is 1. The van der Waals surface area contributed by atoms with Crippen LogP contribution in [0.3, 0.4) is 0 Å². The molecule has 0 unspecified atom stereocenters. The third kappa shape index (κ3) is 4.10. The van der Waals surface area contributed by atoms with E-state index in [0.29, 0.717) is 41.8 Å². The minimum atomic E-state index is -0.522. The fourth-order valence-corrected chi connectivity index (χ4v) is 3.23. The number of carbonyl (C=O) groups is 1. The maximum absolute atomic E-state index is 14.0. The van der Waals surface area contributed by atoms with Crippen molar-refractivity contribution in [1.82, 2.24) is 5.32 Å². The van der Waals surface area contributed by atoms with Crippen molar-refractivity contribution in [3.63, 3.8) is 0 Å². The first-order valence-corrected chi connectivity index (χ1v) is 8.84. The Morgan fingerprint density at radius 1 is 1.23 bits per heavy atom. The summed E-state index contributed by atoms with van der Waals surface area (Å²) in [6.07, 6.45) is 0.156. The SMILES string of the molecule is CC(C)(CNC(=O)Cc1cc(Cl)c2c(c1)OCCO2)c1ccccc1F. The second-order valence-electron chi connectivity index (χ2n) is 6.92. The summed E-state index contributed by atoms with van der Waals surface area (Å²) in [7, 11) is 0. The molecule has 0 radical (unpaired) electrons. The van der Waals surface area contributed by atoms with Gasteiger partial charge in [-0.3, -0.25) is 4.79 Å². The summed E-state index contributed by atoms with van der Waals surface area (Å²) >= 11 is 6.20. The van der Waals surface area contributed by atoms with Crippen molar-refractivity contribution in [2.75, 3.05) is 19.8 Å². The molecule has 138 valence electrons.